The SMILES string of the molecule is CC(=O)N(CCCCc1ccccc1)N1CC(S(=O)Cc2ccccc2)C1=O. The van der Waals surface area contributed by atoms with Gasteiger partial charge in [-0.15, -0.1) is 0 Å². The smallest absolute Gasteiger partial charge is 0.258 e. The van der Waals surface area contributed by atoms with Crippen LogP contribution in [0.4, 0.5) is 0 Å². The van der Waals surface area contributed by atoms with E-state index in [-0.39, 0.29) is 11.8 Å². The summed E-state index contributed by atoms with van der Waals surface area (Å²) in [4.78, 5) is 24.5. The molecule has 2 atom stereocenters. The molecule has 1 fully saturated rings. The van der Waals surface area contributed by atoms with Gasteiger partial charge in [0.2, 0.25) is 5.91 Å². The summed E-state index contributed by atoms with van der Waals surface area (Å²) in [5.74, 6) is -0.00438. The van der Waals surface area contributed by atoms with Gasteiger partial charge in [0.15, 0.2) is 0 Å². The molecule has 148 valence electrons. The number of hydrogen-bond donors (Lipinski definition) is 0. The molecule has 0 aliphatic carbocycles. The second-order valence-electron chi connectivity index (χ2n) is 7.00. The van der Waals surface area contributed by atoms with E-state index < -0.39 is 16.0 Å². The Morgan fingerprint density at radius 1 is 1.04 bits per heavy atom. The Morgan fingerprint density at radius 2 is 1.64 bits per heavy atom. The molecule has 2 unspecified atom stereocenters. The Hall–Kier alpha value is -2.47. The minimum absolute atomic E-state index is 0.152. The number of unbranched alkanes of at least 4 members (excludes halogenated alkanes) is 1. The van der Waals surface area contributed by atoms with Crippen LogP contribution in [-0.4, -0.2) is 44.4 Å². The van der Waals surface area contributed by atoms with Crippen molar-refractivity contribution >= 4 is 22.6 Å². The van der Waals surface area contributed by atoms with Crippen molar-refractivity contribution in [2.45, 2.75) is 37.2 Å². The number of hydrogen-bond acceptors (Lipinski definition) is 3. The fraction of sp³-hybridized carbons (Fsp3) is 0.364. The predicted octanol–water partition coefficient (Wildman–Crippen LogP) is 2.93. The van der Waals surface area contributed by atoms with Crippen LogP contribution in [-0.2, 0) is 32.6 Å². The Labute approximate surface area is 168 Å². The summed E-state index contributed by atoms with van der Waals surface area (Å²) < 4.78 is 12.5. The lowest BCUT2D eigenvalue weighted by Gasteiger charge is -2.44. The maximum atomic E-state index is 12.5. The van der Waals surface area contributed by atoms with Crippen molar-refractivity contribution in [3.63, 3.8) is 0 Å². The molecule has 0 aromatic heterocycles. The van der Waals surface area contributed by atoms with E-state index in [1.807, 2.05) is 48.5 Å². The molecule has 2 aromatic carbocycles. The van der Waals surface area contributed by atoms with E-state index in [2.05, 4.69) is 12.1 Å². The van der Waals surface area contributed by atoms with Crippen LogP contribution in [0.1, 0.15) is 30.9 Å². The van der Waals surface area contributed by atoms with Gasteiger partial charge in [0, 0.05) is 30.0 Å². The molecule has 2 amide bonds. The maximum absolute atomic E-state index is 12.5. The highest BCUT2D eigenvalue weighted by molar-refractivity contribution is 7.85. The van der Waals surface area contributed by atoms with Gasteiger partial charge in [0.05, 0.1) is 6.54 Å². The van der Waals surface area contributed by atoms with E-state index in [4.69, 9.17) is 0 Å². The number of benzene rings is 2. The standard InChI is InChI=1S/C22H26N2O3S/c1-18(25)23(15-9-8-12-19-10-4-2-5-11-19)24-16-21(22(24)26)28(27)17-20-13-6-3-7-14-20/h2-7,10-11,13-14,21H,8-9,12,15-17H2,1H3. The molecule has 6 heteroatoms. The van der Waals surface area contributed by atoms with Crippen molar-refractivity contribution in [3.8, 4) is 0 Å². The van der Waals surface area contributed by atoms with Gasteiger partial charge in [-0.25, -0.2) is 5.01 Å². The van der Waals surface area contributed by atoms with Crippen LogP contribution >= 0.6 is 0 Å². The van der Waals surface area contributed by atoms with Gasteiger partial charge < -0.3 is 0 Å². The third-order valence-electron chi connectivity index (χ3n) is 4.92. The molecule has 0 N–H and O–H groups in total. The van der Waals surface area contributed by atoms with E-state index >= 15 is 0 Å². The largest absolute Gasteiger partial charge is 0.273 e. The normalized spacial score (nSPS) is 17.1. The number of β-lactam (4-membered cyclic amide) rings is 1. The van der Waals surface area contributed by atoms with Crippen molar-refractivity contribution in [3.05, 3.63) is 71.8 Å². The summed E-state index contributed by atoms with van der Waals surface area (Å²) in [5, 5.41) is 2.44. The number of rotatable bonds is 9. The van der Waals surface area contributed by atoms with Crippen molar-refractivity contribution in [1.82, 2.24) is 10.0 Å². The molecule has 28 heavy (non-hydrogen) atoms. The number of hydrazine groups is 1. The second-order valence-corrected chi connectivity index (χ2v) is 8.62. The summed E-state index contributed by atoms with van der Waals surface area (Å²) >= 11 is 0. The molecule has 1 aliphatic rings. The fourth-order valence-electron chi connectivity index (χ4n) is 3.31. The van der Waals surface area contributed by atoms with Crippen LogP contribution in [0.15, 0.2) is 60.7 Å². The Bertz CT molecular complexity index is 826. The fourth-order valence-corrected chi connectivity index (χ4v) is 4.69. The monoisotopic (exact) mass is 398 g/mol. The van der Waals surface area contributed by atoms with E-state index in [0.29, 0.717) is 18.8 Å². The van der Waals surface area contributed by atoms with Crippen LogP contribution in [0.25, 0.3) is 0 Å². The van der Waals surface area contributed by atoms with Crippen molar-refractivity contribution in [2.24, 2.45) is 0 Å². The first-order valence-electron chi connectivity index (χ1n) is 9.60. The van der Waals surface area contributed by atoms with Crippen LogP contribution < -0.4 is 0 Å². The lowest BCUT2D eigenvalue weighted by molar-refractivity contribution is -0.173. The number of aryl methyl sites for hydroxylation is 1. The van der Waals surface area contributed by atoms with Gasteiger partial charge in [-0.2, -0.15) is 0 Å². The Balaban J connectivity index is 1.48. The minimum Gasteiger partial charge on any atom is -0.273 e. The van der Waals surface area contributed by atoms with Crippen LogP contribution in [0.2, 0.25) is 0 Å². The lowest BCUT2D eigenvalue weighted by Crippen LogP contribution is -2.65. The molecule has 3 rings (SSSR count). The van der Waals surface area contributed by atoms with Gasteiger partial charge in [0.25, 0.3) is 5.91 Å². The topological polar surface area (TPSA) is 57.7 Å². The van der Waals surface area contributed by atoms with Gasteiger partial charge >= 0.3 is 0 Å². The van der Waals surface area contributed by atoms with E-state index in [1.165, 1.54) is 22.5 Å². The molecule has 0 spiro atoms. The molecule has 1 saturated heterocycles. The predicted molar refractivity (Wildman–Crippen MR) is 111 cm³/mol. The van der Waals surface area contributed by atoms with Gasteiger partial charge in [-0.3, -0.25) is 18.8 Å². The van der Waals surface area contributed by atoms with Crippen molar-refractivity contribution < 1.29 is 13.8 Å². The summed E-state index contributed by atoms with van der Waals surface area (Å²) in [6, 6.07) is 19.7. The van der Waals surface area contributed by atoms with E-state index in [0.717, 1.165) is 24.8 Å². The highest BCUT2D eigenvalue weighted by Crippen LogP contribution is 2.22. The molecule has 1 heterocycles. The zero-order valence-corrected chi connectivity index (χ0v) is 16.9. The average Bonchev–Trinajstić information content (AvgIpc) is 2.70. The zero-order chi connectivity index (χ0) is 19.9. The molecule has 1 aliphatic heterocycles. The summed E-state index contributed by atoms with van der Waals surface area (Å²) in [7, 11) is -1.27. The molecule has 2 aromatic rings. The van der Waals surface area contributed by atoms with E-state index in [1.54, 1.807) is 0 Å². The summed E-state index contributed by atoms with van der Waals surface area (Å²) in [5.41, 5.74) is 2.23. The Morgan fingerprint density at radius 3 is 2.21 bits per heavy atom. The van der Waals surface area contributed by atoms with Crippen molar-refractivity contribution in [1.29, 1.82) is 0 Å². The van der Waals surface area contributed by atoms with Crippen LogP contribution in [0.3, 0.4) is 0 Å². The first-order valence-corrected chi connectivity index (χ1v) is 11.0. The first kappa shape index (κ1) is 20.3. The average molecular weight is 399 g/mol. The molecule has 5 nitrogen and oxygen atoms in total. The highest BCUT2D eigenvalue weighted by Gasteiger charge is 2.44. The van der Waals surface area contributed by atoms with Gasteiger partial charge in [-0.05, 0) is 30.4 Å². The zero-order valence-electron chi connectivity index (χ0n) is 16.1. The molecule has 0 bridgehead atoms. The quantitative estimate of drug-likeness (QED) is 0.482. The first-order chi connectivity index (χ1) is 13.6. The van der Waals surface area contributed by atoms with Crippen LogP contribution in [0.5, 0.6) is 0 Å². The van der Waals surface area contributed by atoms with Gasteiger partial charge in [0.1, 0.15) is 5.25 Å². The highest BCUT2D eigenvalue weighted by atomic mass is 32.2. The van der Waals surface area contributed by atoms with E-state index in [9.17, 15) is 13.8 Å². The molecular weight excluding hydrogens is 372 g/mol. The third kappa shape index (κ3) is 5.07. The number of carbonyl (C=O) groups excluding carboxylic acids is 2. The number of amides is 2. The van der Waals surface area contributed by atoms with Crippen molar-refractivity contribution in [2.75, 3.05) is 13.1 Å². The lowest BCUT2D eigenvalue weighted by atomic mass is 10.1. The summed E-state index contributed by atoms with van der Waals surface area (Å²) in [6.07, 6.45) is 2.71. The third-order valence-corrected chi connectivity index (χ3v) is 6.52. The minimum atomic E-state index is -1.27. The summed E-state index contributed by atoms with van der Waals surface area (Å²) in [6.45, 7) is 2.32. The number of nitrogens with zero attached hydrogens (tertiary/aromatic N) is 2. The maximum Gasteiger partial charge on any atom is 0.258 e. The Kier molecular flexibility index (Phi) is 6.98. The van der Waals surface area contributed by atoms with Gasteiger partial charge in [-0.1, -0.05) is 60.7 Å². The van der Waals surface area contributed by atoms with Crippen LogP contribution in [0, 0.1) is 0 Å². The second kappa shape index (κ2) is 9.64. The molecule has 0 saturated carbocycles. The molecular formula is C22H26N2O3S. The molecule has 0 radical (unpaired) electrons. The number of carbonyl (C=O) groups is 2.